The van der Waals surface area contributed by atoms with Gasteiger partial charge in [0.1, 0.15) is 0 Å². The first-order chi connectivity index (χ1) is 13.9. The number of halogens is 1. The zero-order chi connectivity index (χ0) is 20.2. The number of hydrogen-bond acceptors (Lipinski definition) is 2. The Balaban J connectivity index is 1.62. The smallest absolute Gasteiger partial charge is 0.207 e. The molecule has 0 N–H and O–H groups in total. The van der Waals surface area contributed by atoms with Crippen LogP contribution in [-0.4, -0.2) is 19.3 Å². The van der Waals surface area contributed by atoms with Crippen LogP contribution >= 0.6 is 15.9 Å². The molecule has 0 saturated heterocycles. The number of hydrogen-bond donors (Lipinski definition) is 0. The average molecular weight is 466 g/mol. The number of benzene rings is 4. The average Bonchev–Trinajstić information content (AvgIpc) is 2.74. The van der Waals surface area contributed by atoms with E-state index in [4.69, 9.17) is 0 Å². The van der Waals surface area contributed by atoms with Crippen molar-refractivity contribution in [3.8, 4) is 0 Å². The normalized spacial score (nSPS) is 15.0. The van der Waals surface area contributed by atoms with Gasteiger partial charge >= 0.3 is 0 Å². The summed E-state index contributed by atoms with van der Waals surface area (Å²) in [5, 5.41) is 4.71. The molecule has 5 rings (SSSR count). The summed E-state index contributed by atoms with van der Waals surface area (Å²) in [6.07, 6.45) is 0.698. The van der Waals surface area contributed by atoms with Crippen molar-refractivity contribution in [1.82, 2.24) is 4.31 Å². The maximum Gasteiger partial charge on any atom is 0.243 e. The predicted octanol–water partition coefficient (Wildman–Crippen LogP) is 5.81. The molecule has 0 fully saturated rings. The zero-order valence-corrected chi connectivity index (χ0v) is 18.4. The highest BCUT2D eigenvalue weighted by Crippen LogP contribution is 2.38. The molecule has 0 spiro atoms. The highest BCUT2D eigenvalue weighted by Gasteiger charge is 2.29. The summed E-state index contributed by atoms with van der Waals surface area (Å²) in [6.45, 7) is 2.84. The van der Waals surface area contributed by atoms with Gasteiger partial charge in [0.25, 0.3) is 0 Å². The molecule has 5 heteroatoms. The van der Waals surface area contributed by atoms with Gasteiger partial charge in [0.15, 0.2) is 0 Å². The second kappa shape index (κ2) is 6.94. The standard InChI is InChI=1S/C24H20BrNO2S/c1-16-6-9-19(10-7-16)29(27,28)26-13-12-21-18(15-26)14-23-20-5-3-2-4-17(20)8-11-22(23)24(21)25/h2-11,14H,12-13,15H2,1H3. The Labute approximate surface area is 179 Å². The fourth-order valence-corrected chi connectivity index (χ4v) is 6.41. The topological polar surface area (TPSA) is 37.4 Å². The molecule has 0 aromatic heterocycles. The molecule has 0 atom stereocenters. The summed E-state index contributed by atoms with van der Waals surface area (Å²) in [4.78, 5) is 0.358. The van der Waals surface area contributed by atoms with Gasteiger partial charge in [-0.2, -0.15) is 4.31 Å². The molecular weight excluding hydrogens is 446 g/mol. The summed E-state index contributed by atoms with van der Waals surface area (Å²) >= 11 is 3.81. The number of aryl methyl sites for hydroxylation is 1. The van der Waals surface area contributed by atoms with Gasteiger partial charge in [-0.3, -0.25) is 0 Å². The Morgan fingerprint density at radius 3 is 2.45 bits per heavy atom. The zero-order valence-electron chi connectivity index (χ0n) is 16.0. The monoisotopic (exact) mass is 465 g/mol. The lowest BCUT2D eigenvalue weighted by Gasteiger charge is -2.29. The molecule has 0 bridgehead atoms. The second-order valence-corrected chi connectivity index (χ2v) is 10.3. The number of fused-ring (bicyclic) bond motifs is 4. The van der Waals surface area contributed by atoms with Gasteiger partial charge in [-0.25, -0.2) is 8.42 Å². The Morgan fingerprint density at radius 2 is 1.66 bits per heavy atom. The van der Waals surface area contributed by atoms with E-state index in [1.165, 1.54) is 21.7 Å². The third-order valence-corrected chi connectivity index (χ3v) is 8.56. The molecule has 0 unspecified atom stereocenters. The maximum atomic E-state index is 13.2. The van der Waals surface area contributed by atoms with Crippen molar-refractivity contribution >= 4 is 47.5 Å². The third-order valence-electron chi connectivity index (χ3n) is 5.79. The molecule has 29 heavy (non-hydrogen) atoms. The van der Waals surface area contributed by atoms with Gasteiger partial charge in [-0.15, -0.1) is 0 Å². The fourth-order valence-electron chi connectivity index (χ4n) is 4.19. The Morgan fingerprint density at radius 1 is 0.897 bits per heavy atom. The van der Waals surface area contributed by atoms with Crippen molar-refractivity contribution in [2.45, 2.75) is 24.8 Å². The van der Waals surface area contributed by atoms with E-state index in [1.807, 2.05) is 31.2 Å². The lowest BCUT2D eigenvalue weighted by Crippen LogP contribution is -2.36. The Kier molecular flexibility index (Phi) is 4.50. The Hall–Kier alpha value is -2.21. The molecule has 1 aliphatic rings. The first kappa shape index (κ1) is 18.8. The van der Waals surface area contributed by atoms with Gasteiger partial charge in [0.05, 0.1) is 4.90 Å². The summed E-state index contributed by atoms with van der Waals surface area (Å²) in [5.74, 6) is 0. The van der Waals surface area contributed by atoms with Crippen LogP contribution in [-0.2, 0) is 23.0 Å². The van der Waals surface area contributed by atoms with Crippen LogP contribution in [0.3, 0.4) is 0 Å². The van der Waals surface area contributed by atoms with Gasteiger partial charge < -0.3 is 0 Å². The highest BCUT2D eigenvalue weighted by molar-refractivity contribution is 9.10. The summed E-state index contributed by atoms with van der Waals surface area (Å²) < 4.78 is 29.1. The van der Waals surface area contributed by atoms with Crippen LogP contribution in [0.2, 0.25) is 0 Å². The summed E-state index contributed by atoms with van der Waals surface area (Å²) in [6, 6.07) is 21.9. The van der Waals surface area contributed by atoms with Crippen LogP contribution in [0.1, 0.15) is 16.7 Å². The van der Waals surface area contributed by atoms with Gasteiger partial charge in [0.2, 0.25) is 10.0 Å². The van der Waals surface area contributed by atoms with Crippen LogP contribution in [0.25, 0.3) is 21.5 Å². The van der Waals surface area contributed by atoms with Crippen molar-refractivity contribution in [2.24, 2.45) is 0 Å². The number of rotatable bonds is 2. The van der Waals surface area contributed by atoms with Gasteiger partial charge in [0, 0.05) is 17.6 Å². The van der Waals surface area contributed by atoms with Crippen molar-refractivity contribution in [3.05, 3.63) is 87.9 Å². The van der Waals surface area contributed by atoms with Crippen molar-refractivity contribution in [3.63, 3.8) is 0 Å². The van der Waals surface area contributed by atoms with E-state index in [0.29, 0.717) is 24.4 Å². The SMILES string of the molecule is Cc1ccc(S(=O)(=O)N2CCc3c(cc4c(ccc5ccccc54)c3Br)C2)cc1. The quantitative estimate of drug-likeness (QED) is 0.350. The van der Waals surface area contributed by atoms with Crippen molar-refractivity contribution < 1.29 is 8.42 Å². The largest absolute Gasteiger partial charge is 0.243 e. The van der Waals surface area contributed by atoms with E-state index in [2.05, 4.69) is 46.3 Å². The maximum absolute atomic E-state index is 13.2. The van der Waals surface area contributed by atoms with Crippen molar-refractivity contribution in [2.75, 3.05) is 6.54 Å². The highest BCUT2D eigenvalue weighted by atomic mass is 79.9. The van der Waals surface area contributed by atoms with Crippen LogP contribution < -0.4 is 0 Å². The molecular formula is C24H20BrNO2S. The van der Waals surface area contributed by atoms with E-state index in [-0.39, 0.29) is 0 Å². The van der Waals surface area contributed by atoms with Crippen LogP contribution in [0.4, 0.5) is 0 Å². The van der Waals surface area contributed by atoms with Crippen molar-refractivity contribution in [1.29, 1.82) is 0 Å². The summed E-state index contributed by atoms with van der Waals surface area (Å²) in [5.41, 5.74) is 3.33. The first-order valence-corrected chi connectivity index (χ1v) is 11.9. The van der Waals surface area contributed by atoms with Crippen LogP contribution in [0.15, 0.2) is 76.1 Å². The van der Waals surface area contributed by atoms with Crippen LogP contribution in [0, 0.1) is 6.92 Å². The molecule has 0 saturated carbocycles. The third kappa shape index (κ3) is 3.08. The minimum absolute atomic E-state index is 0.358. The minimum Gasteiger partial charge on any atom is -0.207 e. The molecule has 4 aromatic carbocycles. The molecule has 0 radical (unpaired) electrons. The minimum atomic E-state index is -3.51. The van der Waals surface area contributed by atoms with E-state index in [1.54, 1.807) is 16.4 Å². The molecule has 146 valence electrons. The van der Waals surface area contributed by atoms with E-state index in [0.717, 1.165) is 21.0 Å². The fraction of sp³-hybridized carbons (Fsp3) is 0.167. The summed E-state index contributed by atoms with van der Waals surface area (Å²) in [7, 11) is -3.51. The first-order valence-electron chi connectivity index (χ1n) is 9.64. The lowest BCUT2D eigenvalue weighted by atomic mass is 9.93. The molecule has 1 heterocycles. The number of sulfonamides is 1. The molecule has 0 aliphatic carbocycles. The van der Waals surface area contributed by atoms with E-state index >= 15 is 0 Å². The van der Waals surface area contributed by atoms with E-state index in [9.17, 15) is 8.42 Å². The molecule has 0 amide bonds. The van der Waals surface area contributed by atoms with Crippen LogP contribution in [0.5, 0.6) is 0 Å². The lowest BCUT2D eigenvalue weighted by molar-refractivity contribution is 0.391. The van der Waals surface area contributed by atoms with Gasteiger partial charge in [-0.1, -0.05) is 54.1 Å². The molecule has 4 aromatic rings. The molecule has 3 nitrogen and oxygen atoms in total. The van der Waals surface area contributed by atoms with E-state index < -0.39 is 10.0 Å². The Bertz CT molecular complexity index is 1360. The second-order valence-electron chi connectivity index (χ2n) is 7.61. The predicted molar refractivity (Wildman–Crippen MR) is 122 cm³/mol. The molecule has 1 aliphatic heterocycles. The number of nitrogens with zero attached hydrogens (tertiary/aromatic N) is 1. The van der Waals surface area contributed by atoms with Gasteiger partial charge in [-0.05, 0) is 80.1 Å².